The van der Waals surface area contributed by atoms with Gasteiger partial charge in [0.05, 0.1) is 95.0 Å². The molecule has 4 aromatic heterocycles. The first kappa shape index (κ1) is 104. The van der Waals surface area contributed by atoms with Crippen LogP contribution in [-0.2, 0) is 91.3 Å². The number of fused-ring (bicyclic) bond motifs is 4. The predicted molar refractivity (Wildman–Crippen MR) is 524 cm³/mol. The summed E-state index contributed by atoms with van der Waals surface area (Å²) in [6.45, 7) is 11.7. The van der Waals surface area contributed by atoms with Crippen molar-refractivity contribution in [3.8, 4) is 6.07 Å². The van der Waals surface area contributed by atoms with Crippen LogP contribution in [0.5, 0.6) is 0 Å². The highest BCUT2D eigenvalue weighted by atomic mass is 35.5. The molecule has 1 N–H and O–H groups in total. The number of aromatic nitrogens is 4. The van der Waals surface area contributed by atoms with E-state index in [2.05, 4.69) is 11.0 Å². The molecule has 4 amide bonds. The monoisotopic (exact) mass is 2070 g/mol. The van der Waals surface area contributed by atoms with Gasteiger partial charge in [0.15, 0.2) is 0 Å². The molecule has 19 nitrogen and oxygen atoms in total. The average molecular weight is 2080 g/mol. The lowest BCUT2D eigenvalue weighted by Crippen LogP contribution is -2.55. The number of ketones is 3. The number of piperazine rings is 1. The molecule has 1 aliphatic carbocycles. The van der Waals surface area contributed by atoms with Crippen LogP contribution in [0.2, 0.25) is 45.2 Å². The van der Waals surface area contributed by atoms with Crippen molar-refractivity contribution in [2.24, 2.45) is 45.9 Å². The van der Waals surface area contributed by atoms with Crippen LogP contribution in [0.15, 0.2) is 140 Å². The highest BCUT2D eigenvalue weighted by Crippen LogP contribution is 2.44. The number of aliphatic hydroxyl groups excluding tert-OH is 1. The Hall–Kier alpha value is -9.77. The van der Waals surface area contributed by atoms with Crippen molar-refractivity contribution >= 4 is 189 Å². The number of aryl methyl sites for hydroxylation is 4. The molecule has 12 aromatic rings. The maximum Gasteiger partial charge on any atom is 0.416 e. The van der Waals surface area contributed by atoms with Crippen molar-refractivity contribution < 1.29 is 78.5 Å². The van der Waals surface area contributed by atoms with E-state index in [0.717, 1.165) is 103 Å². The maximum absolute atomic E-state index is 13.7. The molecule has 8 aromatic carbocycles. The number of rotatable bonds is 18. The number of benzene rings is 8. The number of carbonyl (C=O) groups excluding carboxylic acids is 7. The fraction of sp³-hybridized carbons (Fsp3) is 0.373. The summed E-state index contributed by atoms with van der Waals surface area (Å²) in [4.78, 5) is 96.5. The van der Waals surface area contributed by atoms with Crippen LogP contribution in [0.3, 0.4) is 0 Å². The van der Waals surface area contributed by atoms with Gasteiger partial charge in [0, 0.05) is 226 Å². The zero-order valence-electron chi connectivity index (χ0n) is 76.3. The van der Waals surface area contributed by atoms with Crippen LogP contribution < -0.4 is 0 Å². The number of likely N-dealkylation sites (tertiary alicyclic amines) is 2. The van der Waals surface area contributed by atoms with Crippen LogP contribution in [-0.4, -0.2) is 180 Å². The van der Waals surface area contributed by atoms with E-state index in [0.29, 0.717) is 209 Å². The zero-order valence-corrected chi connectivity index (χ0v) is 83.1. The SMILES string of the molecule is CC(=O)C1CC(N2CCN(C(=O)c3ccc(Cl)c(Cc4cc5ccc(C(F)(F)F)cc5n4C)c3Cl)CC2)C1.CC(=O)C1CCN(C(=O)c2ccc(Cl)c(Cc3cc4ccc(C(F)(F)F)cc4n3C)c2Cl)CC1O.CC(=O)CC1CCN(C(=O)c2ccc(Cl)c(Cc3cc4c(Cl)cc(C#N)cc4n3C)c2Cl)CC1.Cn1c(Cc2c(Cl)ccc(C(=O)N3CCOCC3)c2Cl)cc2cc(C(C)(F)F)ccc21. The Morgan fingerprint density at radius 3 is 1.22 bits per heavy atom. The van der Waals surface area contributed by atoms with Crippen molar-refractivity contribution in [1.82, 2.24) is 42.8 Å². The van der Waals surface area contributed by atoms with E-state index in [4.69, 9.17) is 109 Å². The smallest absolute Gasteiger partial charge is 0.391 e. The fourth-order valence-corrected chi connectivity index (χ4v) is 21.3. The molecule has 36 heteroatoms. The van der Waals surface area contributed by atoms with Gasteiger partial charge in [0.2, 0.25) is 0 Å². The quantitative estimate of drug-likeness (QED) is 0.0799. The van der Waals surface area contributed by atoms with Gasteiger partial charge in [-0.3, -0.25) is 33.7 Å². The van der Waals surface area contributed by atoms with Gasteiger partial charge in [-0.15, -0.1) is 0 Å². The normalized spacial score (nSPS) is 17.3. The summed E-state index contributed by atoms with van der Waals surface area (Å²) in [5.41, 5.74) is 8.42. The molecule has 2 unspecified atom stereocenters. The van der Waals surface area contributed by atoms with E-state index < -0.39 is 41.4 Å². The van der Waals surface area contributed by atoms with Gasteiger partial charge < -0.3 is 52.5 Å². The number of carbonyl (C=O) groups is 7. The van der Waals surface area contributed by atoms with Crippen molar-refractivity contribution in [2.75, 3.05) is 78.7 Å². The minimum Gasteiger partial charge on any atom is -0.391 e. The number of morpholine rings is 1. The van der Waals surface area contributed by atoms with Gasteiger partial charge in [-0.25, -0.2) is 8.78 Å². The van der Waals surface area contributed by atoms with E-state index in [1.54, 1.807) is 119 Å². The Labute approximate surface area is 836 Å². The second kappa shape index (κ2) is 43.0. The van der Waals surface area contributed by atoms with Crippen LogP contribution in [0, 0.1) is 29.1 Å². The highest BCUT2D eigenvalue weighted by molar-refractivity contribution is 6.41. The number of β-amino-alcohol motifs (C(OH)–C–C–N with tert-alkyl or cyclic N) is 1. The maximum atomic E-state index is 13.7. The molecule has 5 fully saturated rings. The molecule has 138 heavy (non-hydrogen) atoms. The standard InChI is InChI=1S/C28H28Cl2F3N3O2.C26H24Cl3N3O2.C25H23Cl2F3N2O3.C23H22Cl2F2N2O2/c1-16(37)18-12-21(13-18)35-7-9-36(10-8-35)27(38)22-5-6-24(29)23(26(22)30)15-20-11-17-3-4-19(28(31,32)33)14-25(17)34(20)2;1-15(33)9-16-5-7-32(8-6-16)26(34)19-3-4-22(27)21(25(19)29)13-18-12-20-23(28)10-17(14-30)11-24(20)31(18)2;1-13(33)17-7-8-32(12-22(17)34)24(35)18-5-6-20(26)19(23(18)27)11-16-9-14-3-4-15(25(28,29)30)10-21(14)31(16)2;1-23(26,27)15-3-6-20-14(11-15)12-16(28(20)2)13-18-19(24)5-4-17(21(18)25)22(30)29-7-9-31-10-8-29/h3-6,11,14,18,21H,7-10,12-13,15H2,1-2H3;3-4,10-12,16H,5-9,13H2,1-2H3;3-6,9-10,17,22,34H,7-8,11-12H2,1-2H3;3-6,11-12H,7-10,13H2,1-2H3. The molecule has 4 saturated heterocycles. The fourth-order valence-electron chi connectivity index (χ4n) is 18.7. The number of hydrogen-bond acceptors (Lipinski definition) is 11. The minimum atomic E-state index is -4.45. The molecule has 728 valence electrons. The molecule has 0 radical (unpaired) electrons. The Bertz CT molecular complexity index is 6810. The summed E-state index contributed by atoms with van der Waals surface area (Å²) in [5, 5.41) is 25.6. The summed E-state index contributed by atoms with van der Waals surface area (Å²) < 4.78 is 119. The molecule has 17 rings (SSSR count). The van der Waals surface area contributed by atoms with Crippen molar-refractivity contribution in [3.05, 3.63) is 274 Å². The molecule has 1 saturated carbocycles. The van der Waals surface area contributed by atoms with Crippen LogP contribution in [0.1, 0.15) is 175 Å². The molecular formula is C102H97Cl9F8N10O9. The largest absolute Gasteiger partial charge is 0.416 e. The third-order valence-corrected chi connectivity index (χ3v) is 30.5. The number of Topliss-reactive ketones (excluding diaryl/α,β-unsaturated/α-hetero) is 3. The van der Waals surface area contributed by atoms with Gasteiger partial charge in [-0.2, -0.15) is 31.6 Å². The van der Waals surface area contributed by atoms with E-state index in [-0.39, 0.29) is 87.5 Å². The van der Waals surface area contributed by atoms with E-state index in [1.165, 1.54) is 42.2 Å². The predicted octanol–water partition coefficient (Wildman–Crippen LogP) is 23.8. The van der Waals surface area contributed by atoms with Crippen molar-refractivity contribution in [2.45, 2.75) is 122 Å². The number of amides is 4. The third kappa shape index (κ3) is 22.9. The zero-order chi connectivity index (χ0) is 99.9. The summed E-state index contributed by atoms with van der Waals surface area (Å²) >= 11 is 59.0. The Kier molecular flexibility index (Phi) is 32.4. The molecule has 0 spiro atoms. The lowest BCUT2D eigenvalue weighted by Gasteiger charge is -2.45. The first-order chi connectivity index (χ1) is 65.2. The van der Waals surface area contributed by atoms with E-state index in [1.807, 2.05) is 41.4 Å². The molecule has 4 aliphatic heterocycles. The molecule has 5 aliphatic rings. The van der Waals surface area contributed by atoms with Gasteiger partial charge in [0.1, 0.15) is 17.3 Å². The van der Waals surface area contributed by atoms with Crippen LogP contribution in [0.25, 0.3) is 43.6 Å². The summed E-state index contributed by atoms with van der Waals surface area (Å²) in [7, 11) is 7.13. The summed E-state index contributed by atoms with van der Waals surface area (Å²) in [6, 6.07) is 38.2. The lowest BCUT2D eigenvalue weighted by atomic mass is 9.77. The number of nitrogens with zero attached hydrogens (tertiary/aromatic N) is 10. The first-order valence-electron chi connectivity index (χ1n) is 44.7. The Morgan fingerprint density at radius 2 is 0.812 bits per heavy atom. The van der Waals surface area contributed by atoms with Gasteiger partial charge in [-0.1, -0.05) is 123 Å². The average Bonchev–Trinajstić information content (AvgIpc) is 1.59. The topological polar surface area (TPSA) is 209 Å². The summed E-state index contributed by atoms with van der Waals surface area (Å²) in [6.07, 6.45) is -4.28. The lowest BCUT2D eigenvalue weighted by molar-refractivity contribution is -0.138. The molecule has 8 heterocycles. The number of halogens is 17. The molecule has 0 bridgehead atoms. The molecular weight excluding hydrogens is 1980 g/mol. The van der Waals surface area contributed by atoms with E-state index in [9.17, 15) is 79.1 Å². The van der Waals surface area contributed by atoms with Gasteiger partial charge in [-0.05, 0) is 213 Å². The van der Waals surface area contributed by atoms with Crippen LogP contribution in [0.4, 0.5) is 35.1 Å². The number of piperidine rings is 2. The molecule has 2 atom stereocenters. The first-order valence-corrected chi connectivity index (χ1v) is 48.1. The second-order valence-electron chi connectivity index (χ2n) is 35.9. The van der Waals surface area contributed by atoms with Gasteiger partial charge in [0.25, 0.3) is 29.6 Å². The van der Waals surface area contributed by atoms with Crippen molar-refractivity contribution in [3.63, 3.8) is 0 Å². The van der Waals surface area contributed by atoms with Crippen molar-refractivity contribution in [1.29, 1.82) is 5.26 Å². The minimum absolute atomic E-state index is 0.0160. The number of alkyl halides is 8. The number of ether oxygens (including phenoxy) is 1. The third-order valence-electron chi connectivity index (χ3n) is 27.0. The highest BCUT2D eigenvalue weighted by Gasteiger charge is 2.41. The number of nitriles is 1. The summed E-state index contributed by atoms with van der Waals surface area (Å²) in [5.74, 6) is -3.43. The number of aliphatic hydroxyl groups is 1. The van der Waals surface area contributed by atoms with Gasteiger partial charge >= 0.3 is 12.4 Å². The Balaban J connectivity index is 0.000000147. The van der Waals surface area contributed by atoms with Crippen LogP contribution >= 0.6 is 104 Å². The second-order valence-corrected chi connectivity index (χ2v) is 39.4. The Morgan fingerprint density at radius 1 is 0.420 bits per heavy atom. The van der Waals surface area contributed by atoms with E-state index >= 15 is 0 Å². The number of hydrogen-bond donors (Lipinski definition) is 1.